The van der Waals surface area contributed by atoms with Gasteiger partial charge in [0.15, 0.2) is 5.91 Å². The van der Waals surface area contributed by atoms with Gasteiger partial charge in [0.2, 0.25) is 0 Å². The summed E-state index contributed by atoms with van der Waals surface area (Å²) < 4.78 is 0. The Kier molecular flexibility index (Phi) is 37.3. The first-order chi connectivity index (χ1) is 5.07. The van der Waals surface area contributed by atoms with Crippen LogP contribution in [0.3, 0.4) is 0 Å². The van der Waals surface area contributed by atoms with Crippen molar-refractivity contribution < 1.29 is 113 Å². The van der Waals surface area contributed by atoms with Gasteiger partial charge in [0.25, 0.3) is 0 Å². The van der Waals surface area contributed by atoms with Crippen LogP contribution in [0.2, 0.25) is 0 Å². The van der Waals surface area contributed by atoms with Crippen LogP contribution in [0.5, 0.6) is 0 Å². The zero-order valence-corrected chi connectivity index (χ0v) is 17.8. The summed E-state index contributed by atoms with van der Waals surface area (Å²) in [5, 5.41) is 0. The summed E-state index contributed by atoms with van der Waals surface area (Å²) in [6.45, 7) is 1.44. The van der Waals surface area contributed by atoms with Crippen molar-refractivity contribution in [3.63, 3.8) is 0 Å². The molecule has 15 heavy (non-hydrogen) atoms. The Morgan fingerprint density at radius 1 is 1.20 bits per heavy atom. The number of ketones is 1. The molecule has 0 unspecified atom stereocenters. The van der Waals surface area contributed by atoms with Gasteiger partial charge >= 0.3 is 0 Å². The van der Waals surface area contributed by atoms with Gasteiger partial charge < -0.3 is 17.1 Å². The van der Waals surface area contributed by atoms with Gasteiger partial charge in [0.05, 0.1) is 6.54 Å². The molecule has 0 saturated carbocycles. The standard InChI is InChI=1S/C7H10NO3.CH3.3Y/c1-6(10)5-8(2)7(11)3-4-9;;;;/h3,5H2,1-2H3;1H3;;;/q2*-1;;;. The summed E-state index contributed by atoms with van der Waals surface area (Å²) in [4.78, 5) is 32.2. The number of nitrogens with zero attached hydrogens (tertiary/aromatic N) is 1. The molecule has 0 aromatic rings. The molecular weight excluding hydrogens is 425 g/mol. The molecular formula is C8H13NO3Y3-2. The van der Waals surface area contributed by atoms with Gasteiger partial charge in [-0.05, 0) is 6.92 Å². The summed E-state index contributed by atoms with van der Waals surface area (Å²) in [6.07, 6.45) is 1.20. The topological polar surface area (TPSA) is 54.5 Å². The largest absolute Gasteiger partial charge is 0.541 e. The molecule has 0 rings (SSSR count). The summed E-state index contributed by atoms with van der Waals surface area (Å²) in [5.74, 6) is -0.484. The fourth-order valence-corrected chi connectivity index (χ4v) is 0.619. The van der Waals surface area contributed by atoms with Crippen molar-refractivity contribution in [3.05, 3.63) is 7.43 Å². The molecule has 0 saturated heterocycles. The minimum absolute atomic E-state index is 0. The van der Waals surface area contributed by atoms with E-state index in [9.17, 15) is 14.4 Å². The molecule has 0 bridgehead atoms. The predicted molar refractivity (Wildman–Crippen MR) is 45.0 cm³/mol. The van der Waals surface area contributed by atoms with Gasteiger partial charge in [0.1, 0.15) is 5.78 Å². The van der Waals surface area contributed by atoms with Crippen LogP contribution < -0.4 is 0 Å². The van der Waals surface area contributed by atoms with Crippen molar-refractivity contribution in [1.82, 2.24) is 4.90 Å². The molecule has 0 aliphatic carbocycles. The normalized spacial score (nSPS) is 6.53. The van der Waals surface area contributed by atoms with Gasteiger partial charge in [0, 0.05) is 105 Å². The van der Waals surface area contributed by atoms with Gasteiger partial charge in [-0.1, -0.05) is 6.42 Å². The number of carbonyl (C=O) groups excluding carboxylic acids is 3. The number of carbonyl (C=O) groups is 2. The van der Waals surface area contributed by atoms with Crippen LogP contribution in [0.1, 0.15) is 13.3 Å². The molecule has 4 nitrogen and oxygen atoms in total. The number of hydrogen-bond acceptors (Lipinski definition) is 3. The van der Waals surface area contributed by atoms with Gasteiger partial charge in [-0.3, -0.25) is 15.9 Å². The molecule has 7 heteroatoms. The van der Waals surface area contributed by atoms with Crippen LogP contribution >= 0.6 is 0 Å². The van der Waals surface area contributed by atoms with Crippen LogP contribution in [0.25, 0.3) is 0 Å². The molecule has 79 valence electrons. The van der Waals surface area contributed by atoms with E-state index in [2.05, 4.69) is 0 Å². The minimum atomic E-state index is -0.379. The Labute approximate surface area is 167 Å². The Morgan fingerprint density at radius 2 is 1.60 bits per heavy atom. The van der Waals surface area contributed by atoms with E-state index in [1.54, 1.807) is 0 Å². The zero-order chi connectivity index (χ0) is 8.85. The molecule has 0 aliphatic rings. The van der Waals surface area contributed by atoms with Crippen molar-refractivity contribution in [3.8, 4) is 0 Å². The fourth-order valence-electron chi connectivity index (χ4n) is 0.619. The molecule has 0 fully saturated rings. The molecule has 0 heterocycles. The second kappa shape index (κ2) is 18.5. The van der Waals surface area contributed by atoms with E-state index in [4.69, 9.17) is 0 Å². The SMILES string of the molecule is CC(=O)CN(C)C(=O)C[C-]=O.[CH3-].[Y].[Y].[Y]. The molecule has 0 atom stereocenters. The average Bonchev–Trinajstić information content (AvgIpc) is 1.86. The van der Waals surface area contributed by atoms with Crippen LogP contribution in [0.15, 0.2) is 0 Å². The molecule has 0 spiro atoms. The van der Waals surface area contributed by atoms with E-state index in [1.807, 2.05) is 0 Å². The summed E-state index contributed by atoms with van der Waals surface area (Å²) in [7, 11) is 1.47. The second-order valence-electron chi connectivity index (χ2n) is 2.27. The maximum absolute atomic E-state index is 10.8. The first-order valence-electron chi connectivity index (χ1n) is 3.16. The quantitative estimate of drug-likeness (QED) is 0.459. The monoisotopic (exact) mass is 438 g/mol. The number of likely N-dealkylation sites (N-methyl/N-ethyl adjacent to an activating group) is 1. The third kappa shape index (κ3) is 18.7. The Hall–Kier alpha value is 2.12. The number of rotatable bonds is 4. The van der Waals surface area contributed by atoms with E-state index >= 15 is 0 Å². The average molecular weight is 438 g/mol. The Morgan fingerprint density at radius 3 is 1.87 bits per heavy atom. The van der Waals surface area contributed by atoms with Gasteiger partial charge in [-0.2, -0.15) is 0 Å². The van der Waals surface area contributed by atoms with Crippen LogP contribution in [0, 0.1) is 7.43 Å². The summed E-state index contributed by atoms with van der Waals surface area (Å²) in [6, 6.07) is 0. The molecule has 1 amide bonds. The molecule has 0 aromatic carbocycles. The van der Waals surface area contributed by atoms with Crippen molar-refractivity contribution in [2.45, 2.75) is 13.3 Å². The second-order valence-corrected chi connectivity index (χ2v) is 2.27. The summed E-state index contributed by atoms with van der Waals surface area (Å²) in [5.41, 5.74) is 0. The number of hydrogen-bond donors (Lipinski definition) is 0. The fraction of sp³-hybridized carbons (Fsp3) is 0.500. The third-order valence-corrected chi connectivity index (χ3v) is 1.11. The Balaban J connectivity index is -0.0000000833. The van der Waals surface area contributed by atoms with Gasteiger partial charge in [-0.25, -0.2) is 0 Å². The maximum atomic E-state index is 10.8. The Bertz CT molecular complexity index is 188. The van der Waals surface area contributed by atoms with Gasteiger partial charge in [-0.15, -0.1) is 0 Å². The smallest absolute Gasteiger partial charge is 0.196 e. The first kappa shape index (κ1) is 30.3. The molecule has 3 radical (unpaired) electrons. The van der Waals surface area contributed by atoms with Crippen molar-refractivity contribution >= 4 is 18.0 Å². The first-order valence-corrected chi connectivity index (χ1v) is 3.16. The van der Waals surface area contributed by atoms with Crippen LogP contribution in [-0.2, 0) is 113 Å². The molecule has 0 aliphatic heterocycles. The maximum Gasteiger partial charge on any atom is 0.196 e. The predicted octanol–water partition coefficient (Wildman–Crippen LogP) is -0.0236. The number of amides is 1. The van der Waals surface area contributed by atoms with E-state index in [0.29, 0.717) is 0 Å². The van der Waals surface area contributed by atoms with Crippen molar-refractivity contribution in [1.29, 1.82) is 0 Å². The molecule has 0 aromatic heterocycles. The van der Waals surface area contributed by atoms with E-state index in [1.165, 1.54) is 25.2 Å². The zero-order valence-electron chi connectivity index (χ0n) is 9.32. The molecule has 0 N–H and O–H groups in total. The van der Waals surface area contributed by atoms with E-state index in [0.717, 1.165) is 0 Å². The summed E-state index contributed by atoms with van der Waals surface area (Å²) >= 11 is 0. The van der Waals surface area contributed by atoms with E-state index < -0.39 is 0 Å². The minimum Gasteiger partial charge on any atom is -0.541 e. The number of Topliss-reactive ketones (excluding diaryl/α,β-unsaturated/α-hetero) is 1. The van der Waals surface area contributed by atoms with Crippen LogP contribution in [0.4, 0.5) is 0 Å². The van der Waals surface area contributed by atoms with E-state index in [-0.39, 0.29) is 130 Å². The third-order valence-electron chi connectivity index (χ3n) is 1.11. The van der Waals surface area contributed by atoms with Crippen LogP contribution in [-0.4, -0.2) is 36.5 Å². The van der Waals surface area contributed by atoms with Crippen molar-refractivity contribution in [2.75, 3.05) is 13.6 Å². The van der Waals surface area contributed by atoms with Crippen molar-refractivity contribution in [2.24, 2.45) is 0 Å².